The zero-order chi connectivity index (χ0) is 13.5. The Hall–Kier alpha value is -1.78. The first kappa shape index (κ1) is 14.3. The summed E-state index contributed by atoms with van der Waals surface area (Å²) in [5.41, 5.74) is 0.606. The van der Waals surface area contributed by atoms with Gasteiger partial charge in [-0.2, -0.15) is 0 Å². The Morgan fingerprint density at radius 3 is 2.67 bits per heavy atom. The molecule has 100 valence electrons. The molecule has 0 aliphatic carbocycles. The Kier molecular flexibility index (Phi) is 5.42. The average molecular weight is 252 g/mol. The number of amides is 1. The molecule has 1 heterocycles. The summed E-state index contributed by atoms with van der Waals surface area (Å²) in [5.74, 6) is -0.527. The molecule has 0 spiro atoms. The number of aryl methyl sites for hydroxylation is 1. The molecule has 0 unspecified atom stereocenters. The fourth-order valence-electron chi connectivity index (χ4n) is 1.79. The zero-order valence-corrected chi connectivity index (χ0v) is 11.2. The molecule has 0 radical (unpaired) electrons. The topological polar surface area (TPSA) is 51.5 Å². The molecule has 0 saturated carbocycles. The van der Waals surface area contributed by atoms with Crippen LogP contribution in [-0.4, -0.2) is 41.5 Å². The third-order valence-corrected chi connectivity index (χ3v) is 2.72. The van der Waals surface area contributed by atoms with E-state index in [0.29, 0.717) is 12.2 Å². The molecule has 0 aliphatic rings. The van der Waals surface area contributed by atoms with Crippen LogP contribution in [0.15, 0.2) is 18.3 Å². The van der Waals surface area contributed by atoms with Crippen molar-refractivity contribution in [3.8, 4) is 0 Å². The summed E-state index contributed by atoms with van der Waals surface area (Å²) < 4.78 is 6.47. The van der Waals surface area contributed by atoms with Crippen LogP contribution >= 0.6 is 0 Å². The molecule has 0 aromatic carbocycles. The van der Waals surface area contributed by atoms with E-state index in [9.17, 15) is 9.59 Å². The first-order chi connectivity index (χ1) is 8.63. The zero-order valence-electron chi connectivity index (χ0n) is 11.2. The monoisotopic (exact) mass is 252 g/mol. The van der Waals surface area contributed by atoms with Crippen molar-refractivity contribution in [1.82, 2.24) is 9.47 Å². The number of rotatable bonds is 6. The maximum Gasteiger partial charge on any atom is 0.325 e. The van der Waals surface area contributed by atoms with Gasteiger partial charge in [0, 0.05) is 19.3 Å². The molecule has 1 amide bonds. The van der Waals surface area contributed by atoms with Gasteiger partial charge in [-0.15, -0.1) is 0 Å². The van der Waals surface area contributed by atoms with Crippen LogP contribution in [-0.2, 0) is 16.1 Å². The summed E-state index contributed by atoms with van der Waals surface area (Å²) in [6, 6.07) is 3.60. The Morgan fingerprint density at radius 2 is 2.11 bits per heavy atom. The normalized spacial score (nSPS) is 10.2. The van der Waals surface area contributed by atoms with E-state index in [2.05, 4.69) is 4.74 Å². The first-order valence-electron chi connectivity index (χ1n) is 6.15. The summed E-state index contributed by atoms with van der Waals surface area (Å²) >= 11 is 0. The number of ether oxygens (including phenoxy) is 1. The van der Waals surface area contributed by atoms with Gasteiger partial charge in [0.2, 0.25) is 0 Å². The van der Waals surface area contributed by atoms with Gasteiger partial charge in [0.25, 0.3) is 5.91 Å². The average Bonchev–Trinajstić information content (AvgIpc) is 2.85. The van der Waals surface area contributed by atoms with Crippen molar-refractivity contribution in [2.75, 3.05) is 20.2 Å². The van der Waals surface area contributed by atoms with E-state index < -0.39 is 5.97 Å². The van der Waals surface area contributed by atoms with Crippen LogP contribution in [0.2, 0.25) is 0 Å². The lowest BCUT2D eigenvalue weighted by molar-refractivity contribution is -0.141. The van der Waals surface area contributed by atoms with Crippen LogP contribution in [0, 0.1) is 0 Å². The number of aromatic nitrogens is 1. The van der Waals surface area contributed by atoms with Gasteiger partial charge in [0.1, 0.15) is 12.2 Å². The minimum Gasteiger partial charge on any atom is -0.468 e. The number of nitrogens with zero attached hydrogens (tertiary/aromatic N) is 2. The van der Waals surface area contributed by atoms with Crippen molar-refractivity contribution >= 4 is 11.9 Å². The summed E-state index contributed by atoms with van der Waals surface area (Å²) in [6.07, 6.45) is 2.66. The quantitative estimate of drug-likeness (QED) is 0.721. The van der Waals surface area contributed by atoms with Gasteiger partial charge >= 0.3 is 5.97 Å². The third-order valence-electron chi connectivity index (χ3n) is 2.72. The van der Waals surface area contributed by atoms with E-state index in [1.807, 2.05) is 30.7 Å². The Balaban J connectivity index is 2.85. The Bertz CT molecular complexity index is 412. The molecule has 1 aromatic rings. The van der Waals surface area contributed by atoms with E-state index in [1.54, 1.807) is 6.07 Å². The van der Waals surface area contributed by atoms with E-state index in [0.717, 1.165) is 13.0 Å². The van der Waals surface area contributed by atoms with Gasteiger partial charge in [-0.3, -0.25) is 9.59 Å². The van der Waals surface area contributed by atoms with E-state index in [1.165, 1.54) is 12.0 Å². The molecule has 0 bridgehead atoms. The summed E-state index contributed by atoms with van der Waals surface area (Å²) in [5, 5.41) is 0. The van der Waals surface area contributed by atoms with Gasteiger partial charge in [-0.1, -0.05) is 6.92 Å². The number of hydrogen-bond donors (Lipinski definition) is 0. The molecule has 0 aliphatic heterocycles. The first-order valence-corrected chi connectivity index (χ1v) is 6.15. The second-order valence-electron chi connectivity index (χ2n) is 3.98. The van der Waals surface area contributed by atoms with Crippen LogP contribution in [0.1, 0.15) is 30.8 Å². The fraction of sp³-hybridized carbons (Fsp3) is 0.538. The maximum atomic E-state index is 12.3. The molecule has 0 fully saturated rings. The smallest absolute Gasteiger partial charge is 0.325 e. The highest BCUT2D eigenvalue weighted by molar-refractivity contribution is 5.94. The molecule has 18 heavy (non-hydrogen) atoms. The van der Waals surface area contributed by atoms with E-state index >= 15 is 0 Å². The lowest BCUT2D eigenvalue weighted by atomic mass is 10.3. The molecule has 0 saturated heterocycles. The predicted molar refractivity (Wildman–Crippen MR) is 68.3 cm³/mol. The SMILES string of the molecule is CCCN(CC(=O)OC)C(=O)c1cccn1CC. The van der Waals surface area contributed by atoms with E-state index in [4.69, 9.17) is 0 Å². The Labute approximate surface area is 107 Å². The van der Waals surface area contributed by atoms with Crippen LogP contribution in [0.4, 0.5) is 0 Å². The second kappa shape index (κ2) is 6.83. The summed E-state index contributed by atoms with van der Waals surface area (Å²) in [4.78, 5) is 25.1. The molecular weight excluding hydrogens is 232 g/mol. The van der Waals surface area contributed by atoms with Crippen LogP contribution < -0.4 is 0 Å². The molecular formula is C13H20N2O3. The van der Waals surface area contributed by atoms with Crippen molar-refractivity contribution in [3.05, 3.63) is 24.0 Å². The molecule has 0 N–H and O–H groups in total. The minimum atomic E-state index is -0.397. The summed E-state index contributed by atoms with van der Waals surface area (Å²) in [7, 11) is 1.33. The van der Waals surface area contributed by atoms with Crippen molar-refractivity contribution < 1.29 is 14.3 Å². The molecule has 0 atom stereocenters. The Morgan fingerprint density at radius 1 is 1.39 bits per heavy atom. The van der Waals surface area contributed by atoms with Crippen molar-refractivity contribution in [3.63, 3.8) is 0 Å². The molecule has 5 nitrogen and oxygen atoms in total. The van der Waals surface area contributed by atoms with Crippen LogP contribution in [0.25, 0.3) is 0 Å². The second-order valence-corrected chi connectivity index (χ2v) is 3.98. The number of esters is 1. The number of carbonyl (C=O) groups is 2. The van der Waals surface area contributed by atoms with Crippen molar-refractivity contribution in [1.29, 1.82) is 0 Å². The highest BCUT2D eigenvalue weighted by Gasteiger charge is 2.20. The lowest BCUT2D eigenvalue weighted by Crippen LogP contribution is -2.37. The third kappa shape index (κ3) is 3.35. The largest absolute Gasteiger partial charge is 0.468 e. The van der Waals surface area contributed by atoms with Crippen LogP contribution in [0.5, 0.6) is 0 Å². The standard InChI is InChI=1S/C13H20N2O3/c1-4-8-15(10-12(16)18-3)13(17)11-7-6-9-14(11)5-2/h6-7,9H,4-5,8,10H2,1-3H3. The van der Waals surface area contributed by atoms with Crippen LogP contribution in [0.3, 0.4) is 0 Å². The minimum absolute atomic E-state index is 0.00192. The van der Waals surface area contributed by atoms with Gasteiger partial charge in [-0.05, 0) is 25.5 Å². The van der Waals surface area contributed by atoms with Gasteiger partial charge < -0.3 is 14.2 Å². The predicted octanol–water partition coefficient (Wildman–Crippen LogP) is 1.53. The maximum absolute atomic E-state index is 12.3. The van der Waals surface area contributed by atoms with Gasteiger partial charge in [0.05, 0.1) is 7.11 Å². The number of methoxy groups -OCH3 is 1. The van der Waals surface area contributed by atoms with Crippen molar-refractivity contribution in [2.45, 2.75) is 26.8 Å². The lowest BCUT2D eigenvalue weighted by Gasteiger charge is -2.21. The molecule has 1 rings (SSSR count). The number of carbonyl (C=O) groups excluding carboxylic acids is 2. The molecule has 1 aromatic heterocycles. The highest BCUT2D eigenvalue weighted by atomic mass is 16.5. The van der Waals surface area contributed by atoms with Gasteiger partial charge in [-0.25, -0.2) is 0 Å². The van der Waals surface area contributed by atoms with Gasteiger partial charge in [0.15, 0.2) is 0 Å². The fourth-order valence-corrected chi connectivity index (χ4v) is 1.79. The van der Waals surface area contributed by atoms with E-state index in [-0.39, 0.29) is 12.5 Å². The highest BCUT2D eigenvalue weighted by Crippen LogP contribution is 2.08. The number of hydrogen-bond acceptors (Lipinski definition) is 3. The van der Waals surface area contributed by atoms with Crippen molar-refractivity contribution in [2.24, 2.45) is 0 Å². The molecule has 5 heteroatoms. The summed E-state index contributed by atoms with van der Waals surface area (Å²) in [6.45, 7) is 5.21.